The van der Waals surface area contributed by atoms with Crippen molar-refractivity contribution < 1.29 is 32.2 Å². The van der Waals surface area contributed by atoms with Crippen molar-refractivity contribution in [2.75, 3.05) is 44.9 Å². The molecular weight excluding hydrogens is 496 g/mol. The molecule has 1 saturated heterocycles. The molecule has 1 N–H and O–H groups in total. The van der Waals surface area contributed by atoms with Crippen LogP contribution in [0.25, 0.3) is 0 Å². The molecule has 4 heterocycles. The molecule has 9 nitrogen and oxygen atoms in total. The Kier molecular flexibility index (Phi) is 7.28. The fourth-order valence-corrected chi connectivity index (χ4v) is 6.82. The quantitative estimate of drug-likeness (QED) is 0.637. The van der Waals surface area contributed by atoms with Crippen LogP contribution in [0.5, 0.6) is 17.2 Å². The number of fused-ring (bicyclic) bond motifs is 8. The van der Waals surface area contributed by atoms with Gasteiger partial charge >= 0.3 is 0 Å². The van der Waals surface area contributed by atoms with Crippen molar-refractivity contribution >= 4 is 21.7 Å². The summed E-state index contributed by atoms with van der Waals surface area (Å²) < 4.78 is 41.4. The number of carbonyl (C=O) groups is 2. The third-order valence-electron chi connectivity index (χ3n) is 7.29. The van der Waals surface area contributed by atoms with E-state index in [-0.39, 0.29) is 35.8 Å². The second-order valence-corrected chi connectivity index (χ2v) is 12.0. The van der Waals surface area contributed by atoms with Gasteiger partial charge < -0.3 is 24.4 Å². The molecule has 0 radical (unpaired) electrons. The molecular formula is C27H32N2O7S. The number of nitrogens with one attached hydrogen (secondary N) is 1. The molecule has 10 heteroatoms. The van der Waals surface area contributed by atoms with Crippen LogP contribution < -0.4 is 19.5 Å². The van der Waals surface area contributed by atoms with Gasteiger partial charge in [-0.15, -0.1) is 0 Å². The normalized spacial score (nSPS) is 21.9. The van der Waals surface area contributed by atoms with Crippen LogP contribution in [-0.2, 0) is 25.8 Å². The van der Waals surface area contributed by atoms with Crippen LogP contribution in [0.2, 0.25) is 0 Å². The molecule has 2 amide bonds. The zero-order valence-electron chi connectivity index (χ0n) is 20.9. The van der Waals surface area contributed by atoms with E-state index in [1.54, 1.807) is 7.11 Å². The van der Waals surface area contributed by atoms with Gasteiger partial charge in [0.1, 0.15) is 15.6 Å². The van der Waals surface area contributed by atoms with Gasteiger partial charge in [-0.3, -0.25) is 9.59 Å². The number of amides is 2. The first-order chi connectivity index (χ1) is 17.8. The van der Waals surface area contributed by atoms with Gasteiger partial charge in [-0.05, 0) is 66.6 Å². The molecule has 4 aliphatic heterocycles. The van der Waals surface area contributed by atoms with E-state index in [1.165, 1.54) is 0 Å². The fraction of sp³-hybridized carbons (Fsp3) is 0.481. The van der Waals surface area contributed by atoms with Crippen LogP contribution in [-0.4, -0.2) is 70.1 Å². The number of methoxy groups -OCH3 is 1. The Labute approximate surface area is 217 Å². The summed E-state index contributed by atoms with van der Waals surface area (Å²) in [7, 11) is -1.53. The first kappa shape index (κ1) is 25.4. The van der Waals surface area contributed by atoms with E-state index in [1.807, 2.05) is 41.3 Å². The number of benzene rings is 2. The number of carbonyl (C=O) groups excluding carboxylic acids is 2. The molecule has 0 saturated carbocycles. The zero-order valence-corrected chi connectivity index (χ0v) is 21.7. The van der Waals surface area contributed by atoms with Crippen LogP contribution in [0.4, 0.5) is 0 Å². The number of nitrogens with zero attached hydrogens (tertiary/aromatic N) is 1. The molecule has 198 valence electrons. The third kappa shape index (κ3) is 5.53. The van der Waals surface area contributed by atoms with Crippen LogP contribution in [0.1, 0.15) is 42.0 Å². The van der Waals surface area contributed by atoms with Crippen LogP contribution in [0.3, 0.4) is 0 Å². The monoisotopic (exact) mass is 528 g/mol. The maximum absolute atomic E-state index is 13.8. The highest BCUT2D eigenvalue weighted by molar-refractivity contribution is 7.91. The van der Waals surface area contributed by atoms with Crippen molar-refractivity contribution in [2.24, 2.45) is 5.92 Å². The SMILES string of the molecule is COc1cc2c3cc1OCC(=O)NCCCOc1cccc(c1)C2N(C(=O)C1CCS(=O)(=O)CC1)CC3. The molecule has 0 aliphatic carbocycles. The van der Waals surface area contributed by atoms with Gasteiger partial charge in [0.05, 0.1) is 31.3 Å². The number of hydrogen-bond donors (Lipinski definition) is 1. The highest BCUT2D eigenvalue weighted by Crippen LogP contribution is 2.42. The van der Waals surface area contributed by atoms with Crippen molar-refractivity contribution in [3.05, 3.63) is 53.1 Å². The molecule has 0 spiro atoms. The highest BCUT2D eigenvalue weighted by Gasteiger charge is 2.38. The van der Waals surface area contributed by atoms with Gasteiger partial charge in [-0.25, -0.2) is 8.42 Å². The highest BCUT2D eigenvalue weighted by atomic mass is 32.2. The smallest absolute Gasteiger partial charge is 0.257 e. The van der Waals surface area contributed by atoms with Gasteiger partial charge in [0.15, 0.2) is 18.1 Å². The molecule has 37 heavy (non-hydrogen) atoms. The van der Waals surface area contributed by atoms with E-state index in [2.05, 4.69) is 5.32 Å². The summed E-state index contributed by atoms with van der Waals surface area (Å²) in [4.78, 5) is 27.9. The minimum atomic E-state index is -3.08. The maximum Gasteiger partial charge on any atom is 0.257 e. The molecule has 1 unspecified atom stereocenters. The van der Waals surface area contributed by atoms with Crippen molar-refractivity contribution in [3.8, 4) is 17.2 Å². The van der Waals surface area contributed by atoms with E-state index in [9.17, 15) is 18.0 Å². The Morgan fingerprint density at radius 2 is 1.95 bits per heavy atom. The summed E-state index contributed by atoms with van der Waals surface area (Å²) in [5.74, 6) is 1.17. The Hall–Kier alpha value is -3.27. The van der Waals surface area contributed by atoms with Crippen molar-refractivity contribution in [1.29, 1.82) is 0 Å². The molecule has 2 aromatic rings. The zero-order chi connectivity index (χ0) is 26.0. The maximum atomic E-state index is 13.8. The van der Waals surface area contributed by atoms with Crippen LogP contribution in [0, 0.1) is 5.92 Å². The Morgan fingerprint density at radius 3 is 2.73 bits per heavy atom. The van der Waals surface area contributed by atoms with Gasteiger partial charge in [-0.2, -0.15) is 0 Å². The molecule has 6 rings (SSSR count). The lowest BCUT2D eigenvalue weighted by atomic mass is 9.86. The molecule has 1 fully saturated rings. The number of sulfone groups is 1. The minimum absolute atomic E-state index is 0.0257. The number of hydrogen-bond acceptors (Lipinski definition) is 7. The summed E-state index contributed by atoms with van der Waals surface area (Å²) in [6.07, 6.45) is 1.93. The van der Waals surface area contributed by atoms with Crippen LogP contribution in [0.15, 0.2) is 36.4 Å². The molecule has 6 bridgehead atoms. The summed E-state index contributed by atoms with van der Waals surface area (Å²) in [6, 6.07) is 11.1. The molecule has 4 aliphatic rings. The Morgan fingerprint density at radius 1 is 1.14 bits per heavy atom. The van der Waals surface area contributed by atoms with Crippen molar-refractivity contribution in [1.82, 2.24) is 10.2 Å². The lowest BCUT2D eigenvalue weighted by molar-refractivity contribution is -0.138. The minimum Gasteiger partial charge on any atom is -0.494 e. The summed E-state index contributed by atoms with van der Waals surface area (Å²) >= 11 is 0. The predicted octanol–water partition coefficient (Wildman–Crippen LogP) is 2.27. The molecule has 1 atom stereocenters. The summed E-state index contributed by atoms with van der Waals surface area (Å²) in [5, 5.41) is 2.83. The summed E-state index contributed by atoms with van der Waals surface area (Å²) in [5.41, 5.74) is 2.84. The van der Waals surface area contributed by atoms with Crippen molar-refractivity contribution in [2.45, 2.75) is 31.7 Å². The number of ether oxygens (including phenoxy) is 3. The second kappa shape index (κ2) is 10.6. The van der Waals surface area contributed by atoms with E-state index in [4.69, 9.17) is 14.2 Å². The predicted molar refractivity (Wildman–Crippen MR) is 137 cm³/mol. The third-order valence-corrected chi connectivity index (χ3v) is 9.00. The van der Waals surface area contributed by atoms with E-state index in [0.717, 1.165) is 16.7 Å². The standard InChI is InChI=1S/C27H32N2O7S/c1-34-23-16-22-19-6-10-29(27(31)18-7-12-37(32,33)13-8-18)26(22)20-4-2-5-21(14-20)35-11-3-9-28-25(30)17-36-24(23)15-19/h2,4-5,14-16,18,26H,3,6-13,17H2,1H3,(H,28,30). The Balaban J connectivity index is 1.57. The second-order valence-electron chi connectivity index (χ2n) is 9.73. The lowest BCUT2D eigenvalue weighted by Gasteiger charge is -2.40. The van der Waals surface area contributed by atoms with Gasteiger partial charge in [0, 0.05) is 19.0 Å². The topological polar surface area (TPSA) is 111 Å². The van der Waals surface area contributed by atoms with E-state index < -0.39 is 15.9 Å². The molecule has 0 aromatic heterocycles. The van der Waals surface area contributed by atoms with E-state index in [0.29, 0.717) is 62.6 Å². The lowest BCUT2D eigenvalue weighted by Crippen LogP contribution is -2.45. The average molecular weight is 529 g/mol. The van der Waals surface area contributed by atoms with Crippen LogP contribution >= 0.6 is 0 Å². The van der Waals surface area contributed by atoms with Crippen molar-refractivity contribution in [3.63, 3.8) is 0 Å². The number of rotatable bonds is 2. The average Bonchev–Trinajstić information content (AvgIpc) is 2.89. The van der Waals surface area contributed by atoms with Gasteiger partial charge in [-0.1, -0.05) is 12.1 Å². The Bertz CT molecular complexity index is 1280. The summed E-state index contributed by atoms with van der Waals surface area (Å²) in [6.45, 7) is 1.25. The first-order valence-corrected chi connectivity index (χ1v) is 14.5. The largest absolute Gasteiger partial charge is 0.494 e. The molecule has 2 aromatic carbocycles. The van der Waals surface area contributed by atoms with Gasteiger partial charge in [0.2, 0.25) is 5.91 Å². The fourth-order valence-electron chi connectivity index (χ4n) is 5.33. The first-order valence-electron chi connectivity index (χ1n) is 12.7. The van der Waals surface area contributed by atoms with Gasteiger partial charge in [0.25, 0.3) is 5.91 Å². The van der Waals surface area contributed by atoms with E-state index >= 15 is 0 Å².